The number of nitrogens with one attached hydrogen (secondary N) is 2. The van der Waals surface area contributed by atoms with E-state index in [1.165, 1.54) is 16.7 Å². The Morgan fingerprint density at radius 2 is 1.80 bits per heavy atom. The molecule has 6 nitrogen and oxygen atoms in total. The van der Waals surface area contributed by atoms with Crippen molar-refractivity contribution in [1.29, 1.82) is 0 Å². The fourth-order valence-electron chi connectivity index (χ4n) is 4.08. The maximum Gasteiger partial charge on any atom is 0.328 e. The quantitative estimate of drug-likeness (QED) is 0.153. The minimum atomic E-state index is -0.945. The normalized spacial score (nSPS) is 12.1. The number of ether oxygens (including phenoxy) is 1. The predicted octanol–water partition coefficient (Wildman–Crippen LogP) is 5.54. The van der Waals surface area contributed by atoms with E-state index in [4.69, 9.17) is 9.84 Å². The zero-order valence-electron chi connectivity index (χ0n) is 19.7. The summed E-state index contributed by atoms with van der Waals surface area (Å²) in [6.45, 7) is 3.79. The van der Waals surface area contributed by atoms with Crippen LogP contribution < -0.4 is 10.1 Å². The van der Waals surface area contributed by atoms with Crippen molar-refractivity contribution in [2.75, 3.05) is 19.7 Å². The van der Waals surface area contributed by atoms with Crippen molar-refractivity contribution >= 4 is 28.0 Å². The van der Waals surface area contributed by atoms with E-state index in [1.54, 1.807) is 6.08 Å². The fraction of sp³-hybridized carbons (Fsp3) is 0.172. The number of aliphatic carboxylic acids is 1. The molecule has 0 atom stereocenters. The number of carbonyl (C=O) groups is 1. The van der Waals surface area contributed by atoms with E-state index < -0.39 is 5.97 Å². The number of hydrogen-bond donors (Lipinski definition) is 3. The second-order valence-electron chi connectivity index (χ2n) is 8.06. The maximum absolute atomic E-state index is 10.5. The number of aromatic amines is 1. The predicted molar refractivity (Wildman–Crippen MR) is 140 cm³/mol. The Bertz CT molecular complexity index is 1320. The highest BCUT2D eigenvalue weighted by molar-refractivity contribution is 6.00. The van der Waals surface area contributed by atoms with Crippen LogP contribution in [0.3, 0.4) is 0 Å². The number of benzene rings is 3. The molecule has 0 saturated heterocycles. The molecule has 3 N–H and O–H groups in total. The zero-order valence-corrected chi connectivity index (χ0v) is 19.7. The summed E-state index contributed by atoms with van der Waals surface area (Å²) in [6, 6.07) is 25.1. The lowest BCUT2D eigenvalue weighted by atomic mass is 9.88. The molecule has 4 aromatic rings. The van der Waals surface area contributed by atoms with Gasteiger partial charge in [0.1, 0.15) is 12.4 Å². The van der Waals surface area contributed by atoms with Crippen LogP contribution in [-0.2, 0) is 4.79 Å². The highest BCUT2D eigenvalue weighted by Crippen LogP contribution is 2.36. The first kappa shape index (κ1) is 24.0. The highest BCUT2D eigenvalue weighted by Gasteiger charge is 2.14. The summed E-state index contributed by atoms with van der Waals surface area (Å²) in [5, 5.41) is 20.0. The molecule has 6 heteroatoms. The summed E-state index contributed by atoms with van der Waals surface area (Å²) in [6.07, 6.45) is 5.45. The molecule has 0 fully saturated rings. The first-order chi connectivity index (χ1) is 17.2. The van der Waals surface area contributed by atoms with Crippen LogP contribution in [0.2, 0.25) is 0 Å². The van der Waals surface area contributed by atoms with E-state index in [-0.39, 0.29) is 0 Å². The number of fused-ring (bicyclic) bond motifs is 1. The van der Waals surface area contributed by atoms with Gasteiger partial charge < -0.3 is 15.2 Å². The van der Waals surface area contributed by atoms with Crippen molar-refractivity contribution in [2.24, 2.45) is 0 Å². The number of allylic oxidation sites excluding steroid dienone is 1. The van der Waals surface area contributed by atoms with Crippen molar-refractivity contribution in [3.63, 3.8) is 0 Å². The molecular formula is C29H29N3O3. The van der Waals surface area contributed by atoms with Crippen LogP contribution in [0.15, 0.2) is 91.1 Å². The first-order valence-electron chi connectivity index (χ1n) is 11.7. The molecule has 0 spiro atoms. The van der Waals surface area contributed by atoms with Gasteiger partial charge in [0.15, 0.2) is 0 Å². The molecule has 3 aromatic carbocycles. The van der Waals surface area contributed by atoms with Gasteiger partial charge in [0.05, 0.1) is 11.7 Å². The molecule has 1 aromatic heterocycles. The SMILES string of the molecule is CC/C(=C(/c1ccc(OCCNC/C=C/C(=O)O)cc1)c1ccc2[nH]ncc2c1)c1ccccc1. The van der Waals surface area contributed by atoms with Gasteiger partial charge in [-0.2, -0.15) is 5.10 Å². The number of aromatic nitrogens is 2. The third-order valence-corrected chi connectivity index (χ3v) is 5.72. The molecule has 0 saturated carbocycles. The van der Waals surface area contributed by atoms with E-state index in [0.717, 1.165) is 40.3 Å². The molecule has 0 aliphatic heterocycles. The summed E-state index contributed by atoms with van der Waals surface area (Å²) in [5.74, 6) is -0.154. The van der Waals surface area contributed by atoms with Gasteiger partial charge in [0.2, 0.25) is 0 Å². The molecule has 4 rings (SSSR count). The zero-order chi connectivity index (χ0) is 24.5. The number of H-pyrrole nitrogens is 1. The number of rotatable bonds is 11. The van der Waals surface area contributed by atoms with E-state index >= 15 is 0 Å². The lowest BCUT2D eigenvalue weighted by Crippen LogP contribution is -2.21. The Morgan fingerprint density at radius 3 is 2.54 bits per heavy atom. The Hall–Kier alpha value is -4.16. The minimum absolute atomic E-state index is 0.489. The van der Waals surface area contributed by atoms with Crippen molar-refractivity contribution in [1.82, 2.24) is 15.5 Å². The van der Waals surface area contributed by atoms with Crippen LogP contribution in [0.25, 0.3) is 22.0 Å². The molecule has 0 unspecified atom stereocenters. The maximum atomic E-state index is 10.5. The average molecular weight is 468 g/mol. The van der Waals surface area contributed by atoms with Gasteiger partial charge in [-0.3, -0.25) is 5.10 Å². The van der Waals surface area contributed by atoms with Gasteiger partial charge >= 0.3 is 5.97 Å². The Labute approximate surface area is 205 Å². The number of carboxylic acids is 1. The van der Waals surface area contributed by atoms with Crippen molar-refractivity contribution < 1.29 is 14.6 Å². The average Bonchev–Trinajstić information content (AvgIpc) is 3.35. The van der Waals surface area contributed by atoms with Crippen molar-refractivity contribution in [2.45, 2.75) is 13.3 Å². The van der Waals surface area contributed by atoms with Crippen LogP contribution in [-0.4, -0.2) is 41.0 Å². The topological polar surface area (TPSA) is 87.2 Å². The second kappa shape index (κ2) is 11.8. The Kier molecular flexibility index (Phi) is 8.09. The van der Waals surface area contributed by atoms with Gasteiger partial charge in [-0.1, -0.05) is 61.5 Å². The summed E-state index contributed by atoms with van der Waals surface area (Å²) in [7, 11) is 0. The van der Waals surface area contributed by atoms with E-state index in [0.29, 0.717) is 19.7 Å². The smallest absolute Gasteiger partial charge is 0.328 e. The van der Waals surface area contributed by atoms with Crippen molar-refractivity contribution in [3.05, 3.63) is 108 Å². The largest absolute Gasteiger partial charge is 0.492 e. The van der Waals surface area contributed by atoms with Crippen molar-refractivity contribution in [3.8, 4) is 5.75 Å². The molecular weight excluding hydrogens is 438 g/mol. The van der Waals surface area contributed by atoms with Gasteiger partial charge in [-0.15, -0.1) is 0 Å². The standard InChI is InChI=1S/C29H29N3O3/c1-2-26(21-7-4-3-5-8-21)29(23-12-15-27-24(19-23)20-31-32-27)22-10-13-25(14-11-22)35-18-17-30-16-6-9-28(33)34/h3-15,19-20,30H,2,16-18H2,1H3,(H,31,32)(H,33,34)/b9-6+,29-26+. The van der Waals surface area contributed by atoms with Gasteiger partial charge in [0, 0.05) is 24.6 Å². The second-order valence-corrected chi connectivity index (χ2v) is 8.06. The third kappa shape index (κ3) is 6.25. The third-order valence-electron chi connectivity index (χ3n) is 5.72. The summed E-state index contributed by atoms with van der Waals surface area (Å²) < 4.78 is 5.86. The molecule has 35 heavy (non-hydrogen) atoms. The summed E-state index contributed by atoms with van der Waals surface area (Å²) in [4.78, 5) is 10.5. The van der Waals surface area contributed by atoms with E-state index in [9.17, 15) is 4.79 Å². The van der Waals surface area contributed by atoms with Crippen LogP contribution >= 0.6 is 0 Å². The number of hydrogen-bond acceptors (Lipinski definition) is 4. The molecule has 0 amide bonds. The molecule has 1 heterocycles. The number of nitrogens with zero attached hydrogens (tertiary/aromatic N) is 1. The summed E-state index contributed by atoms with van der Waals surface area (Å²) >= 11 is 0. The Morgan fingerprint density at radius 1 is 1.03 bits per heavy atom. The van der Waals surface area contributed by atoms with E-state index in [2.05, 4.69) is 77.0 Å². The number of carboxylic acid groups (broad SMARTS) is 1. The lowest BCUT2D eigenvalue weighted by Gasteiger charge is -2.17. The minimum Gasteiger partial charge on any atom is -0.492 e. The molecule has 0 aliphatic rings. The Balaban J connectivity index is 1.57. The van der Waals surface area contributed by atoms with Gasteiger partial charge in [-0.25, -0.2) is 4.79 Å². The molecule has 178 valence electrons. The first-order valence-corrected chi connectivity index (χ1v) is 11.7. The van der Waals surface area contributed by atoms with Crippen LogP contribution in [0.1, 0.15) is 30.0 Å². The van der Waals surface area contributed by atoms with Gasteiger partial charge in [-0.05, 0) is 58.5 Å². The molecule has 0 radical (unpaired) electrons. The van der Waals surface area contributed by atoms with Crippen LogP contribution in [0, 0.1) is 0 Å². The van der Waals surface area contributed by atoms with Gasteiger partial charge in [0.25, 0.3) is 0 Å². The molecule has 0 bridgehead atoms. The van der Waals surface area contributed by atoms with Crippen LogP contribution in [0.4, 0.5) is 0 Å². The summed E-state index contributed by atoms with van der Waals surface area (Å²) in [5.41, 5.74) is 6.97. The highest BCUT2D eigenvalue weighted by atomic mass is 16.5. The molecule has 0 aliphatic carbocycles. The fourth-order valence-corrected chi connectivity index (χ4v) is 4.08. The lowest BCUT2D eigenvalue weighted by molar-refractivity contribution is -0.131. The van der Waals surface area contributed by atoms with Crippen LogP contribution in [0.5, 0.6) is 5.75 Å². The van der Waals surface area contributed by atoms with E-state index in [1.807, 2.05) is 24.4 Å². The monoisotopic (exact) mass is 467 g/mol.